The van der Waals surface area contributed by atoms with Crippen LogP contribution in [-0.4, -0.2) is 76.5 Å². The van der Waals surface area contributed by atoms with Gasteiger partial charge in [-0.2, -0.15) is 0 Å². The van der Waals surface area contributed by atoms with Gasteiger partial charge in [0.15, 0.2) is 0 Å². The average Bonchev–Trinajstić information content (AvgIpc) is 2.85. The Morgan fingerprint density at radius 2 is 1.37 bits per heavy atom. The van der Waals surface area contributed by atoms with E-state index in [-0.39, 0.29) is 12.8 Å². The number of carbonyl (C=O) groups is 6. The average molecular weight is 537 g/mol. The molecular formula is C24H36N6O8. The first kappa shape index (κ1) is 32.0. The van der Waals surface area contributed by atoms with Gasteiger partial charge in [-0.15, -0.1) is 0 Å². The molecule has 0 heterocycles. The van der Waals surface area contributed by atoms with Crippen molar-refractivity contribution in [3.63, 3.8) is 0 Å². The van der Waals surface area contributed by atoms with Gasteiger partial charge in [0, 0.05) is 12.8 Å². The molecule has 11 N–H and O–H groups in total. The number of nitrogens with one attached hydrogen (secondary N) is 3. The predicted octanol–water partition coefficient (Wildman–Crippen LogP) is -2.04. The number of primary amides is 1. The van der Waals surface area contributed by atoms with Gasteiger partial charge in [-0.25, -0.2) is 4.79 Å². The molecule has 0 spiro atoms. The lowest BCUT2D eigenvalue weighted by molar-refractivity contribution is -0.143. The molecule has 0 fully saturated rings. The van der Waals surface area contributed by atoms with Crippen LogP contribution in [0.15, 0.2) is 30.3 Å². The van der Waals surface area contributed by atoms with Gasteiger partial charge in [0.25, 0.3) is 0 Å². The molecule has 1 aromatic rings. The Morgan fingerprint density at radius 3 is 1.92 bits per heavy atom. The topological polar surface area (TPSA) is 257 Å². The maximum Gasteiger partial charge on any atom is 0.326 e. The monoisotopic (exact) mass is 536 g/mol. The number of rotatable bonds is 18. The number of carboxylic acid groups (broad SMARTS) is 2. The molecule has 1 aromatic carbocycles. The standard InChI is InChI=1S/C24H36N6O8/c25-11-5-4-8-15(26)21(34)29-18(13-19(27)31)23(36)30-17(12-14-6-2-1-3-7-14)22(35)28-16(24(37)38)9-10-20(32)33/h1-3,6-7,15-18H,4-5,8-13,25-26H2,(H2,27,31)(H,28,35)(H,29,34)(H,30,36)(H,32,33)(H,37,38). The summed E-state index contributed by atoms with van der Waals surface area (Å²) < 4.78 is 0. The quantitative estimate of drug-likeness (QED) is 0.0953. The number of carboxylic acids is 2. The highest BCUT2D eigenvalue weighted by molar-refractivity contribution is 5.96. The van der Waals surface area contributed by atoms with E-state index in [9.17, 15) is 33.9 Å². The molecule has 4 unspecified atom stereocenters. The third-order valence-corrected chi connectivity index (χ3v) is 5.52. The van der Waals surface area contributed by atoms with Crippen LogP contribution in [0.2, 0.25) is 0 Å². The van der Waals surface area contributed by atoms with E-state index in [0.29, 0.717) is 31.4 Å². The minimum atomic E-state index is -1.53. The molecule has 38 heavy (non-hydrogen) atoms. The Morgan fingerprint density at radius 1 is 0.789 bits per heavy atom. The van der Waals surface area contributed by atoms with E-state index >= 15 is 0 Å². The predicted molar refractivity (Wildman–Crippen MR) is 135 cm³/mol. The van der Waals surface area contributed by atoms with Crippen LogP contribution in [-0.2, 0) is 35.2 Å². The normalized spacial score (nSPS) is 13.8. The molecule has 0 saturated carbocycles. The number of unbranched alkanes of at least 4 members (excludes halogenated alkanes) is 1. The zero-order valence-electron chi connectivity index (χ0n) is 20.9. The highest BCUT2D eigenvalue weighted by Crippen LogP contribution is 2.07. The molecule has 0 bridgehead atoms. The van der Waals surface area contributed by atoms with Crippen LogP contribution in [0.1, 0.15) is 44.1 Å². The largest absolute Gasteiger partial charge is 0.481 e. The highest BCUT2D eigenvalue weighted by Gasteiger charge is 2.31. The van der Waals surface area contributed by atoms with Crippen molar-refractivity contribution in [1.29, 1.82) is 0 Å². The molecule has 0 aliphatic heterocycles. The lowest BCUT2D eigenvalue weighted by Crippen LogP contribution is -2.58. The summed E-state index contributed by atoms with van der Waals surface area (Å²) in [6.45, 7) is 0.422. The molecule has 0 radical (unpaired) electrons. The van der Waals surface area contributed by atoms with Crippen LogP contribution in [0.25, 0.3) is 0 Å². The summed E-state index contributed by atoms with van der Waals surface area (Å²) in [7, 11) is 0. The van der Waals surface area contributed by atoms with Gasteiger partial charge in [0.1, 0.15) is 18.1 Å². The molecule has 0 saturated heterocycles. The fourth-order valence-electron chi connectivity index (χ4n) is 3.46. The van der Waals surface area contributed by atoms with Gasteiger partial charge in [-0.05, 0) is 31.4 Å². The van der Waals surface area contributed by atoms with Crippen LogP contribution >= 0.6 is 0 Å². The zero-order chi connectivity index (χ0) is 28.7. The first-order valence-corrected chi connectivity index (χ1v) is 12.1. The minimum absolute atomic E-state index is 0.0699. The van der Waals surface area contributed by atoms with Crippen molar-refractivity contribution in [3.8, 4) is 0 Å². The molecule has 0 aliphatic rings. The first-order valence-electron chi connectivity index (χ1n) is 12.1. The van der Waals surface area contributed by atoms with Gasteiger partial charge in [0.2, 0.25) is 23.6 Å². The van der Waals surface area contributed by atoms with E-state index in [0.717, 1.165) is 0 Å². The molecule has 14 nitrogen and oxygen atoms in total. The van der Waals surface area contributed by atoms with Gasteiger partial charge in [0.05, 0.1) is 12.5 Å². The van der Waals surface area contributed by atoms with Gasteiger partial charge in [-0.3, -0.25) is 24.0 Å². The van der Waals surface area contributed by atoms with Crippen LogP contribution < -0.4 is 33.2 Å². The van der Waals surface area contributed by atoms with E-state index in [1.165, 1.54) is 0 Å². The van der Waals surface area contributed by atoms with Crippen LogP contribution in [0.3, 0.4) is 0 Å². The van der Waals surface area contributed by atoms with Gasteiger partial charge in [-0.1, -0.05) is 36.8 Å². The minimum Gasteiger partial charge on any atom is -0.481 e. The lowest BCUT2D eigenvalue weighted by Gasteiger charge is -2.25. The number of hydrogen-bond donors (Lipinski definition) is 8. The SMILES string of the molecule is NCCCCC(N)C(=O)NC(CC(N)=O)C(=O)NC(Cc1ccccc1)C(=O)NC(CCC(=O)O)C(=O)O. The molecule has 4 amide bonds. The molecule has 4 atom stereocenters. The fourth-order valence-corrected chi connectivity index (χ4v) is 3.46. The number of amides is 4. The summed E-state index contributed by atoms with van der Waals surface area (Å²) in [5.41, 5.74) is 17.1. The van der Waals surface area contributed by atoms with Gasteiger partial charge >= 0.3 is 11.9 Å². The van der Waals surface area contributed by atoms with Crippen molar-refractivity contribution in [3.05, 3.63) is 35.9 Å². The molecule has 210 valence electrons. The summed E-state index contributed by atoms with van der Waals surface area (Å²) in [5.74, 6) is -6.11. The Hall–Kier alpha value is -4.04. The third-order valence-electron chi connectivity index (χ3n) is 5.52. The number of nitrogens with two attached hydrogens (primary N) is 3. The second kappa shape index (κ2) is 16.7. The maximum atomic E-state index is 13.1. The van der Waals surface area contributed by atoms with Crippen molar-refractivity contribution >= 4 is 35.6 Å². The Balaban J connectivity index is 3.08. The van der Waals surface area contributed by atoms with Gasteiger partial charge < -0.3 is 43.4 Å². The second-order valence-corrected chi connectivity index (χ2v) is 8.71. The third kappa shape index (κ3) is 12.3. The number of benzene rings is 1. The van der Waals surface area contributed by atoms with E-state index in [4.69, 9.17) is 22.3 Å². The Bertz CT molecular complexity index is 974. The van der Waals surface area contributed by atoms with Crippen molar-refractivity contribution in [2.45, 2.75) is 69.1 Å². The lowest BCUT2D eigenvalue weighted by atomic mass is 10.0. The Labute approximate surface area is 219 Å². The van der Waals surface area contributed by atoms with Crippen molar-refractivity contribution in [2.24, 2.45) is 17.2 Å². The van der Waals surface area contributed by atoms with Crippen LogP contribution in [0.4, 0.5) is 0 Å². The maximum absolute atomic E-state index is 13.1. The van der Waals surface area contributed by atoms with E-state index < -0.39 is 72.6 Å². The fraction of sp³-hybridized carbons (Fsp3) is 0.500. The van der Waals surface area contributed by atoms with Crippen molar-refractivity contribution < 1.29 is 39.0 Å². The molecular weight excluding hydrogens is 500 g/mol. The van der Waals surface area contributed by atoms with Crippen molar-refractivity contribution in [1.82, 2.24) is 16.0 Å². The van der Waals surface area contributed by atoms with E-state index in [2.05, 4.69) is 16.0 Å². The van der Waals surface area contributed by atoms with E-state index in [1.807, 2.05) is 0 Å². The summed E-state index contributed by atoms with van der Waals surface area (Å²) in [6, 6.07) is 3.20. The molecule has 14 heteroatoms. The van der Waals surface area contributed by atoms with Crippen LogP contribution in [0, 0.1) is 0 Å². The molecule has 1 rings (SSSR count). The molecule has 0 aliphatic carbocycles. The number of aliphatic carboxylic acids is 2. The summed E-state index contributed by atoms with van der Waals surface area (Å²) in [4.78, 5) is 72.6. The van der Waals surface area contributed by atoms with Crippen molar-refractivity contribution in [2.75, 3.05) is 6.54 Å². The van der Waals surface area contributed by atoms with E-state index in [1.54, 1.807) is 30.3 Å². The summed E-state index contributed by atoms with van der Waals surface area (Å²) in [5, 5.41) is 25.3. The number of hydrogen-bond acceptors (Lipinski definition) is 8. The second-order valence-electron chi connectivity index (χ2n) is 8.71. The first-order chi connectivity index (χ1) is 17.9. The highest BCUT2D eigenvalue weighted by atomic mass is 16.4. The summed E-state index contributed by atoms with van der Waals surface area (Å²) >= 11 is 0. The Kier molecular flexibility index (Phi) is 14.0. The summed E-state index contributed by atoms with van der Waals surface area (Å²) in [6.07, 6.45) is -0.0332. The number of carbonyl (C=O) groups excluding carboxylic acids is 4. The van der Waals surface area contributed by atoms with Crippen LogP contribution in [0.5, 0.6) is 0 Å². The zero-order valence-corrected chi connectivity index (χ0v) is 20.9. The smallest absolute Gasteiger partial charge is 0.326 e. The molecule has 0 aromatic heterocycles.